The molecule has 2 rings (SSSR count). The second-order valence-electron chi connectivity index (χ2n) is 5.22. The van der Waals surface area contributed by atoms with Crippen LogP contribution in [0.2, 0.25) is 0 Å². The van der Waals surface area contributed by atoms with E-state index in [9.17, 15) is 4.79 Å². The Bertz CT molecular complexity index is 485. The minimum Gasteiger partial charge on any atom is -0.375 e. The number of hydrogen-bond acceptors (Lipinski definition) is 5. The van der Waals surface area contributed by atoms with Gasteiger partial charge in [0.25, 0.3) is 5.91 Å². The van der Waals surface area contributed by atoms with Crippen LogP contribution in [-0.4, -0.2) is 49.1 Å². The first-order chi connectivity index (χ1) is 9.56. The Morgan fingerprint density at radius 1 is 1.50 bits per heavy atom. The molecule has 0 aromatic carbocycles. The predicted octanol–water partition coefficient (Wildman–Crippen LogP) is 2.83. The quantitative estimate of drug-likeness (QED) is 0.886. The lowest BCUT2D eigenvalue weighted by molar-refractivity contribution is 0.0702. The molecule has 0 bridgehead atoms. The van der Waals surface area contributed by atoms with Gasteiger partial charge in [0.2, 0.25) is 0 Å². The van der Waals surface area contributed by atoms with E-state index in [0.29, 0.717) is 6.04 Å². The topological polar surface area (TPSA) is 54.5 Å². The van der Waals surface area contributed by atoms with Gasteiger partial charge < -0.3 is 15.0 Å². The first-order valence-corrected chi connectivity index (χ1v) is 7.85. The molecule has 1 aliphatic rings. The molecule has 1 fully saturated rings. The van der Waals surface area contributed by atoms with E-state index in [2.05, 4.69) is 10.3 Å². The largest absolute Gasteiger partial charge is 0.375 e. The van der Waals surface area contributed by atoms with Crippen molar-refractivity contribution in [2.24, 2.45) is 0 Å². The molecule has 0 radical (unpaired) electrons. The van der Waals surface area contributed by atoms with Crippen LogP contribution in [0.4, 0.5) is 0 Å². The smallest absolute Gasteiger partial charge is 0.265 e. The van der Waals surface area contributed by atoms with Crippen molar-refractivity contribution in [2.45, 2.75) is 38.8 Å². The average molecular weight is 370 g/mol. The number of amides is 1. The summed E-state index contributed by atoms with van der Waals surface area (Å²) in [7, 11) is 3.61. The highest BCUT2D eigenvalue weighted by Crippen LogP contribution is 2.27. The molecule has 22 heavy (non-hydrogen) atoms. The second-order valence-corrected chi connectivity index (χ2v) is 6.25. The fourth-order valence-corrected chi connectivity index (χ4v) is 3.49. The second kappa shape index (κ2) is 9.67. The maximum absolute atomic E-state index is 12.6. The highest BCUT2D eigenvalue weighted by Gasteiger charge is 2.27. The monoisotopic (exact) mass is 369 g/mol. The van der Waals surface area contributed by atoms with Crippen LogP contribution in [0.1, 0.15) is 46.2 Å². The van der Waals surface area contributed by atoms with Crippen molar-refractivity contribution in [3.63, 3.8) is 0 Å². The number of likely N-dealkylation sites (N-methyl/N-ethyl adjacent to an activating group) is 1. The van der Waals surface area contributed by atoms with Gasteiger partial charge in [0.15, 0.2) is 0 Å². The van der Waals surface area contributed by atoms with Crippen LogP contribution >= 0.6 is 36.2 Å². The molecule has 1 saturated heterocycles. The maximum atomic E-state index is 12.6. The fourth-order valence-electron chi connectivity index (χ4n) is 2.43. The maximum Gasteiger partial charge on any atom is 0.265 e. The van der Waals surface area contributed by atoms with Crippen LogP contribution in [0.5, 0.6) is 0 Å². The van der Waals surface area contributed by atoms with E-state index in [4.69, 9.17) is 4.74 Å². The molecule has 1 aromatic heterocycles. The summed E-state index contributed by atoms with van der Waals surface area (Å²) in [4.78, 5) is 19.8. The Balaban J connectivity index is 0.00000220. The SMILES string of the molecule is CNC1CCCN(C(=O)c2sc(C(C)OC)nc2C)C1.Cl.Cl. The zero-order valence-electron chi connectivity index (χ0n) is 13.4. The molecule has 128 valence electrons. The van der Waals surface area contributed by atoms with Gasteiger partial charge in [-0.3, -0.25) is 4.79 Å². The third-order valence-corrected chi connectivity index (χ3v) is 5.13. The van der Waals surface area contributed by atoms with Crippen molar-refractivity contribution in [1.82, 2.24) is 15.2 Å². The molecule has 1 aliphatic heterocycles. The number of nitrogens with zero attached hydrogens (tertiary/aromatic N) is 2. The number of likely N-dealkylation sites (tertiary alicyclic amines) is 1. The van der Waals surface area contributed by atoms with Gasteiger partial charge in [-0.1, -0.05) is 0 Å². The highest BCUT2D eigenvalue weighted by atomic mass is 35.5. The Hall–Kier alpha value is -0.400. The van der Waals surface area contributed by atoms with Crippen molar-refractivity contribution in [1.29, 1.82) is 0 Å². The number of nitrogens with one attached hydrogen (secondary N) is 1. The van der Waals surface area contributed by atoms with Crippen molar-refractivity contribution < 1.29 is 9.53 Å². The van der Waals surface area contributed by atoms with Gasteiger partial charge >= 0.3 is 0 Å². The molecule has 1 aromatic rings. The Morgan fingerprint density at radius 3 is 2.77 bits per heavy atom. The fraction of sp³-hybridized carbons (Fsp3) is 0.714. The van der Waals surface area contributed by atoms with Crippen LogP contribution in [0.15, 0.2) is 0 Å². The summed E-state index contributed by atoms with van der Waals surface area (Å²) in [6, 6.07) is 0.401. The lowest BCUT2D eigenvalue weighted by atomic mass is 10.1. The Labute approximate surface area is 148 Å². The normalized spacial score (nSPS) is 19.1. The standard InChI is InChI=1S/C14H23N3O2S.2ClH/c1-9-12(20-13(16-9)10(2)19-4)14(18)17-7-5-6-11(8-17)15-3;;/h10-11,15H,5-8H2,1-4H3;2*1H. The van der Waals surface area contributed by atoms with Crippen LogP contribution in [-0.2, 0) is 4.74 Å². The van der Waals surface area contributed by atoms with Gasteiger partial charge in [0.05, 0.1) is 5.69 Å². The lowest BCUT2D eigenvalue weighted by Gasteiger charge is -2.32. The molecule has 2 atom stereocenters. The summed E-state index contributed by atoms with van der Waals surface area (Å²) >= 11 is 1.46. The number of rotatable bonds is 4. The lowest BCUT2D eigenvalue weighted by Crippen LogP contribution is -2.46. The minimum absolute atomic E-state index is 0. The predicted molar refractivity (Wildman–Crippen MR) is 94.8 cm³/mol. The van der Waals surface area contributed by atoms with E-state index in [1.807, 2.05) is 25.8 Å². The molecule has 1 amide bonds. The summed E-state index contributed by atoms with van der Waals surface area (Å²) in [6.45, 7) is 5.46. The van der Waals surface area contributed by atoms with Gasteiger partial charge in [-0.25, -0.2) is 4.98 Å². The van der Waals surface area contributed by atoms with Crippen molar-refractivity contribution >= 4 is 42.1 Å². The van der Waals surface area contributed by atoms with Crippen LogP contribution in [0, 0.1) is 6.92 Å². The number of piperidine rings is 1. The number of aromatic nitrogens is 1. The van der Waals surface area contributed by atoms with E-state index in [-0.39, 0.29) is 36.8 Å². The number of carbonyl (C=O) groups is 1. The summed E-state index contributed by atoms with van der Waals surface area (Å²) in [5.41, 5.74) is 0.811. The van der Waals surface area contributed by atoms with Gasteiger partial charge in [-0.15, -0.1) is 36.2 Å². The van der Waals surface area contributed by atoms with E-state index in [1.165, 1.54) is 11.3 Å². The summed E-state index contributed by atoms with van der Waals surface area (Å²) < 4.78 is 5.28. The number of carbonyl (C=O) groups excluding carboxylic acids is 1. The van der Waals surface area contributed by atoms with E-state index < -0.39 is 0 Å². The Kier molecular flexibility index (Phi) is 9.50. The van der Waals surface area contributed by atoms with Gasteiger partial charge in [-0.2, -0.15) is 0 Å². The number of aryl methyl sites for hydroxylation is 1. The molecular weight excluding hydrogens is 345 g/mol. The van der Waals surface area contributed by atoms with Crippen LogP contribution in [0.25, 0.3) is 0 Å². The first-order valence-electron chi connectivity index (χ1n) is 7.03. The molecule has 8 heteroatoms. The number of hydrogen-bond donors (Lipinski definition) is 1. The molecule has 0 spiro atoms. The summed E-state index contributed by atoms with van der Waals surface area (Å²) in [5.74, 6) is 0.106. The summed E-state index contributed by atoms with van der Waals surface area (Å²) in [6.07, 6.45) is 2.12. The van der Waals surface area contributed by atoms with Crippen molar-refractivity contribution in [2.75, 3.05) is 27.2 Å². The minimum atomic E-state index is -0.0633. The molecular formula is C14H25Cl2N3O2S. The van der Waals surface area contributed by atoms with E-state index >= 15 is 0 Å². The zero-order valence-corrected chi connectivity index (χ0v) is 15.9. The first kappa shape index (κ1) is 21.6. The third-order valence-electron chi connectivity index (χ3n) is 3.83. The molecule has 1 N–H and O–H groups in total. The van der Waals surface area contributed by atoms with Crippen LogP contribution in [0.3, 0.4) is 0 Å². The zero-order chi connectivity index (χ0) is 14.7. The molecule has 5 nitrogen and oxygen atoms in total. The number of methoxy groups -OCH3 is 1. The Morgan fingerprint density at radius 2 is 2.18 bits per heavy atom. The molecule has 2 unspecified atom stereocenters. The van der Waals surface area contributed by atoms with Crippen LogP contribution < -0.4 is 5.32 Å². The molecule has 0 aliphatic carbocycles. The van der Waals surface area contributed by atoms with E-state index in [1.54, 1.807) is 7.11 Å². The van der Waals surface area contributed by atoms with Crippen molar-refractivity contribution in [3.8, 4) is 0 Å². The number of ether oxygens (including phenoxy) is 1. The number of thiazole rings is 1. The average Bonchev–Trinajstić information content (AvgIpc) is 2.87. The van der Waals surface area contributed by atoms with Gasteiger partial charge in [0, 0.05) is 26.2 Å². The number of halogens is 2. The highest BCUT2D eigenvalue weighted by molar-refractivity contribution is 7.13. The molecule has 2 heterocycles. The van der Waals surface area contributed by atoms with E-state index in [0.717, 1.165) is 41.5 Å². The third kappa shape index (κ3) is 4.80. The van der Waals surface area contributed by atoms with Crippen molar-refractivity contribution in [3.05, 3.63) is 15.6 Å². The summed E-state index contributed by atoms with van der Waals surface area (Å²) in [5, 5.41) is 4.13. The van der Waals surface area contributed by atoms with Gasteiger partial charge in [-0.05, 0) is 33.7 Å². The van der Waals surface area contributed by atoms with Gasteiger partial charge in [0.1, 0.15) is 16.0 Å². The molecule has 0 saturated carbocycles.